The molecule has 164 valence electrons. The number of alkyl halides is 3. The maximum atomic E-state index is 13.7. The van der Waals surface area contributed by atoms with Gasteiger partial charge in [-0.1, -0.05) is 0 Å². The first-order chi connectivity index (χ1) is 15.2. The van der Waals surface area contributed by atoms with E-state index < -0.39 is 23.4 Å². The van der Waals surface area contributed by atoms with Crippen molar-refractivity contribution in [3.8, 4) is 5.69 Å². The summed E-state index contributed by atoms with van der Waals surface area (Å²) in [6.07, 6.45) is 0.0200. The second-order valence-corrected chi connectivity index (χ2v) is 6.74. The van der Waals surface area contributed by atoms with Gasteiger partial charge in [0.2, 0.25) is 0 Å². The molecule has 4 rings (SSSR count). The second kappa shape index (κ2) is 8.13. The number of ether oxygens (including phenoxy) is 1. The van der Waals surface area contributed by atoms with Gasteiger partial charge in [-0.3, -0.25) is 15.1 Å². The highest BCUT2D eigenvalue weighted by molar-refractivity contribution is 5.84. The number of imidazole rings is 1. The van der Waals surface area contributed by atoms with Crippen molar-refractivity contribution >= 4 is 22.8 Å². The number of benzene rings is 1. The lowest BCUT2D eigenvalue weighted by atomic mass is 10.1. The van der Waals surface area contributed by atoms with Crippen LogP contribution in [-0.4, -0.2) is 30.6 Å². The maximum Gasteiger partial charge on any atom is 0.418 e. The van der Waals surface area contributed by atoms with E-state index in [2.05, 4.69) is 25.3 Å². The number of aromatic amines is 1. The van der Waals surface area contributed by atoms with Gasteiger partial charge in [-0.05, 0) is 31.2 Å². The Morgan fingerprint density at radius 1 is 1.25 bits per heavy atom. The lowest BCUT2D eigenvalue weighted by Crippen LogP contribution is -2.15. The molecule has 0 bridgehead atoms. The lowest BCUT2D eigenvalue weighted by Gasteiger charge is -2.14. The SMILES string of the molecule is Cc1nc2cc(-n3cnc(COC(=O)Nc4ccncc4)c3)c(C(F)(F)F)cc2[nH]c1=O. The maximum absolute atomic E-state index is 13.7. The third-order valence-electron chi connectivity index (χ3n) is 4.48. The molecule has 1 amide bonds. The van der Waals surface area contributed by atoms with Crippen molar-refractivity contribution in [2.45, 2.75) is 19.7 Å². The minimum absolute atomic E-state index is 0.0341. The summed E-state index contributed by atoms with van der Waals surface area (Å²) in [6, 6.07) is 5.18. The van der Waals surface area contributed by atoms with E-state index in [1.54, 1.807) is 12.1 Å². The summed E-state index contributed by atoms with van der Waals surface area (Å²) in [5.74, 6) is 0. The van der Waals surface area contributed by atoms with E-state index in [4.69, 9.17) is 4.74 Å². The van der Waals surface area contributed by atoms with Crippen LogP contribution in [-0.2, 0) is 17.5 Å². The predicted molar refractivity (Wildman–Crippen MR) is 107 cm³/mol. The van der Waals surface area contributed by atoms with Crippen LogP contribution in [0, 0.1) is 6.92 Å². The summed E-state index contributed by atoms with van der Waals surface area (Å²) in [4.78, 5) is 37.9. The number of aryl methyl sites for hydroxylation is 1. The molecule has 0 aliphatic rings. The average molecular weight is 444 g/mol. The number of fused-ring (bicyclic) bond motifs is 1. The normalized spacial score (nSPS) is 11.5. The number of rotatable bonds is 4. The number of aromatic nitrogens is 5. The number of halogens is 3. The molecule has 0 aliphatic heterocycles. The summed E-state index contributed by atoms with van der Waals surface area (Å²) in [5, 5.41) is 2.49. The van der Waals surface area contributed by atoms with Crippen LogP contribution >= 0.6 is 0 Å². The second-order valence-electron chi connectivity index (χ2n) is 6.74. The quantitative estimate of drug-likeness (QED) is 0.497. The molecule has 9 nitrogen and oxygen atoms in total. The Hall–Kier alpha value is -4.22. The molecular formula is C20H15F3N6O3. The van der Waals surface area contributed by atoms with Gasteiger partial charge in [0, 0.05) is 24.3 Å². The number of H-pyrrole nitrogens is 1. The van der Waals surface area contributed by atoms with Crippen molar-refractivity contribution in [3.05, 3.63) is 76.5 Å². The number of pyridine rings is 1. The number of nitrogens with one attached hydrogen (secondary N) is 2. The zero-order chi connectivity index (χ0) is 22.9. The van der Waals surface area contributed by atoms with Gasteiger partial charge < -0.3 is 14.3 Å². The Morgan fingerprint density at radius 2 is 2.00 bits per heavy atom. The summed E-state index contributed by atoms with van der Waals surface area (Å²) >= 11 is 0. The van der Waals surface area contributed by atoms with Crippen molar-refractivity contribution in [2.75, 3.05) is 5.32 Å². The van der Waals surface area contributed by atoms with Gasteiger partial charge in [-0.2, -0.15) is 13.2 Å². The highest BCUT2D eigenvalue weighted by atomic mass is 19.4. The topological polar surface area (TPSA) is 115 Å². The molecule has 4 aromatic rings. The van der Waals surface area contributed by atoms with Gasteiger partial charge in [-0.15, -0.1) is 0 Å². The largest absolute Gasteiger partial charge is 0.443 e. The first-order valence-corrected chi connectivity index (χ1v) is 9.19. The zero-order valence-corrected chi connectivity index (χ0v) is 16.5. The first kappa shape index (κ1) is 21.0. The van der Waals surface area contributed by atoms with Crippen LogP contribution in [0.5, 0.6) is 0 Å². The molecule has 0 aliphatic carbocycles. The fourth-order valence-corrected chi connectivity index (χ4v) is 2.95. The number of carbonyl (C=O) groups is 1. The number of amides is 1. The van der Waals surface area contributed by atoms with E-state index in [0.29, 0.717) is 5.69 Å². The van der Waals surface area contributed by atoms with Gasteiger partial charge in [0.1, 0.15) is 12.3 Å². The van der Waals surface area contributed by atoms with E-state index in [1.807, 2.05) is 0 Å². The van der Waals surface area contributed by atoms with Crippen LogP contribution in [0.3, 0.4) is 0 Å². The molecule has 3 aromatic heterocycles. The Bertz CT molecular complexity index is 1350. The van der Waals surface area contributed by atoms with Gasteiger partial charge in [0.25, 0.3) is 5.56 Å². The smallest absolute Gasteiger partial charge is 0.418 e. The molecule has 0 fully saturated rings. The molecular weight excluding hydrogens is 429 g/mol. The minimum Gasteiger partial charge on any atom is -0.443 e. The molecule has 0 spiro atoms. The predicted octanol–water partition coefficient (Wildman–Crippen LogP) is 3.58. The van der Waals surface area contributed by atoms with Crippen LogP contribution < -0.4 is 10.9 Å². The molecule has 12 heteroatoms. The van der Waals surface area contributed by atoms with Crippen LogP contribution in [0.25, 0.3) is 16.7 Å². The molecule has 3 heterocycles. The van der Waals surface area contributed by atoms with Gasteiger partial charge >= 0.3 is 12.3 Å². The van der Waals surface area contributed by atoms with Crippen LogP contribution in [0.1, 0.15) is 17.0 Å². The van der Waals surface area contributed by atoms with Crippen molar-refractivity contribution < 1.29 is 22.7 Å². The highest BCUT2D eigenvalue weighted by Gasteiger charge is 2.35. The Kier molecular flexibility index (Phi) is 5.34. The highest BCUT2D eigenvalue weighted by Crippen LogP contribution is 2.35. The molecule has 0 saturated carbocycles. The standard InChI is InChI=1S/C20H15F3N6O3/c1-11-18(30)28-15-6-14(20(21,22)23)17(7-16(15)26-11)29-8-13(25-10-29)9-32-19(31)27-12-2-4-24-5-3-12/h2-8,10H,9H2,1H3,(H,28,30)(H,24,27,31). The Morgan fingerprint density at radius 3 is 2.72 bits per heavy atom. The molecule has 2 N–H and O–H groups in total. The van der Waals surface area contributed by atoms with E-state index in [0.717, 1.165) is 10.6 Å². The fraction of sp³-hybridized carbons (Fsp3) is 0.150. The van der Waals surface area contributed by atoms with Gasteiger partial charge in [0.05, 0.1) is 34.3 Å². The van der Waals surface area contributed by atoms with Crippen molar-refractivity contribution in [1.29, 1.82) is 0 Å². The van der Waals surface area contributed by atoms with E-state index in [9.17, 15) is 22.8 Å². The summed E-state index contributed by atoms with van der Waals surface area (Å²) in [5.41, 5.74) is -0.790. The number of nitrogens with zero attached hydrogens (tertiary/aromatic N) is 4. The Labute approximate surface area is 177 Å². The Balaban J connectivity index is 1.60. The average Bonchev–Trinajstić information content (AvgIpc) is 3.21. The molecule has 1 aromatic carbocycles. The van der Waals surface area contributed by atoms with Gasteiger partial charge in [0.15, 0.2) is 0 Å². The minimum atomic E-state index is -4.70. The van der Waals surface area contributed by atoms with Crippen LogP contribution in [0.15, 0.2) is 54.0 Å². The van der Waals surface area contributed by atoms with Crippen molar-refractivity contribution in [1.82, 2.24) is 24.5 Å². The van der Waals surface area contributed by atoms with Gasteiger partial charge in [-0.25, -0.2) is 14.8 Å². The van der Waals surface area contributed by atoms with E-state index >= 15 is 0 Å². The van der Waals surface area contributed by atoms with E-state index in [1.165, 1.54) is 37.9 Å². The zero-order valence-electron chi connectivity index (χ0n) is 16.5. The third-order valence-corrected chi connectivity index (χ3v) is 4.48. The monoisotopic (exact) mass is 444 g/mol. The summed E-state index contributed by atoms with van der Waals surface area (Å²) in [7, 11) is 0. The molecule has 0 radical (unpaired) electrons. The number of anilines is 1. The summed E-state index contributed by atoms with van der Waals surface area (Å²) in [6.45, 7) is 1.20. The van der Waals surface area contributed by atoms with Crippen molar-refractivity contribution in [3.63, 3.8) is 0 Å². The number of hydrogen-bond donors (Lipinski definition) is 2. The van der Waals surface area contributed by atoms with E-state index in [-0.39, 0.29) is 34.7 Å². The fourth-order valence-electron chi connectivity index (χ4n) is 2.95. The van der Waals surface area contributed by atoms with Crippen LogP contribution in [0.4, 0.5) is 23.7 Å². The molecule has 32 heavy (non-hydrogen) atoms. The third kappa shape index (κ3) is 4.43. The summed E-state index contributed by atoms with van der Waals surface area (Å²) < 4.78 is 47.3. The molecule has 0 saturated heterocycles. The first-order valence-electron chi connectivity index (χ1n) is 9.19. The lowest BCUT2D eigenvalue weighted by molar-refractivity contribution is -0.137. The molecule has 0 unspecified atom stereocenters. The number of hydrogen-bond acceptors (Lipinski definition) is 6. The van der Waals surface area contributed by atoms with Crippen LogP contribution in [0.2, 0.25) is 0 Å². The van der Waals surface area contributed by atoms with Crippen molar-refractivity contribution in [2.24, 2.45) is 0 Å². The number of carbonyl (C=O) groups excluding carboxylic acids is 1. The molecule has 0 atom stereocenters.